The van der Waals surface area contributed by atoms with Crippen molar-refractivity contribution < 1.29 is 18.7 Å². The fourth-order valence-electron chi connectivity index (χ4n) is 5.39. The van der Waals surface area contributed by atoms with Crippen molar-refractivity contribution in [3.8, 4) is 0 Å². The third-order valence-electron chi connectivity index (χ3n) is 7.06. The van der Waals surface area contributed by atoms with Gasteiger partial charge in [-0.1, -0.05) is 17.7 Å². The largest absolute Gasteiger partial charge is 0.466 e. The topological polar surface area (TPSA) is 105 Å². The van der Waals surface area contributed by atoms with Crippen LogP contribution in [0.15, 0.2) is 46.0 Å². The predicted octanol–water partition coefficient (Wildman–Crippen LogP) is 3.48. The molecule has 0 saturated carbocycles. The van der Waals surface area contributed by atoms with Gasteiger partial charge in [0.25, 0.3) is 0 Å². The Hall–Kier alpha value is -3.12. The molecule has 3 aliphatic rings. The summed E-state index contributed by atoms with van der Waals surface area (Å²) in [6.45, 7) is 3.50. The van der Waals surface area contributed by atoms with Crippen LogP contribution in [-0.2, 0) is 20.7 Å². The fraction of sp³-hybridized carbons (Fsp3) is 0.360. The number of carbonyl (C=O) groups excluding carboxylic acids is 1. The summed E-state index contributed by atoms with van der Waals surface area (Å²) in [5, 5.41) is 13.7. The molecule has 0 radical (unpaired) electrons. The van der Waals surface area contributed by atoms with E-state index in [2.05, 4.69) is 25.4 Å². The molecule has 1 aromatic carbocycles. The first-order valence-corrected chi connectivity index (χ1v) is 13.1. The zero-order valence-electron chi connectivity index (χ0n) is 20.1. The first-order valence-electron chi connectivity index (χ1n) is 11.8. The molecule has 6 rings (SSSR count). The number of nitrogens with zero attached hydrogens (tertiary/aromatic N) is 4. The number of amidine groups is 1. The number of halogens is 2. The van der Waals surface area contributed by atoms with Crippen molar-refractivity contribution in [3.05, 3.63) is 79.4 Å². The van der Waals surface area contributed by atoms with Crippen molar-refractivity contribution >= 4 is 34.7 Å². The van der Waals surface area contributed by atoms with Crippen LogP contribution in [-0.4, -0.2) is 64.8 Å². The number of H-pyrrole nitrogens is 1. The standard InChI is InChI=1S/C25H24ClFN6O3S/c1-12-20-17(32-31-12)8-14-10-36-11-19(20)33(14)9-18-21(25(34)35-2)22(15-4-3-13(27)7-16(15)26)30-23(29-18)24-28-5-6-37-24/h3-7,14,19,22H,8-11H2,1-2H3,(H,29,30)(H,31,32). The maximum atomic E-state index is 13.9. The number of aromatic nitrogens is 3. The number of aliphatic imine (C=N–C) groups is 1. The molecule has 3 aromatic rings. The van der Waals surface area contributed by atoms with E-state index in [1.807, 2.05) is 12.3 Å². The average molecular weight is 543 g/mol. The Kier molecular flexibility index (Phi) is 6.31. The first-order chi connectivity index (χ1) is 17.9. The molecule has 1 saturated heterocycles. The molecule has 0 amide bonds. The maximum absolute atomic E-state index is 13.9. The Morgan fingerprint density at radius 1 is 1.38 bits per heavy atom. The van der Waals surface area contributed by atoms with Gasteiger partial charge in [0.15, 0.2) is 10.8 Å². The number of methoxy groups -OCH3 is 1. The van der Waals surface area contributed by atoms with Crippen molar-refractivity contribution in [2.24, 2.45) is 4.99 Å². The van der Waals surface area contributed by atoms with E-state index in [0.717, 1.165) is 23.4 Å². The van der Waals surface area contributed by atoms with E-state index in [9.17, 15) is 9.18 Å². The summed E-state index contributed by atoms with van der Waals surface area (Å²) in [4.78, 5) is 24.8. The number of aromatic amines is 1. The molecule has 0 spiro atoms. The highest BCUT2D eigenvalue weighted by Crippen LogP contribution is 2.40. The van der Waals surface area contributed by atoms with Crippen LogP contribution in [0.25, 0.3) is 0 Å². The Bertz CT molecular complexity index is 1420. The molecule has 3 aliphatic heterocycles. The molecule has 192 valence electrons. The minimum Gasteiger partial charge on any atom is -0.466 e. The summed E-state index contributed by atoms with van der Waals surface area (Å²) in [5.74, 6) is -0.488. The van der Waals surface area contributed by atoms with Crippen LogP contribution in [0, 0.1) is 12.7 Å². The van der Waals surface area contributed by atoms with Gasteiger partial charge in [-0.3, -0.25) is 15.0 Å². The molecule has 3 unspecified atom stereocenters. The summed E-state index contributed by atoms with van der Waals surface area (Å²) >= 11 is 7.90. The normalized spacial score (nSPS) is 23.4. The number of hydrogen-bond donors (Lipinski definition) is 2. The van der Waals surface area contributed by atoms with Crippen LogP contribution in [0.4, 0.5) is 4.39 Å². The number of esters is 1. The lowest BCUT2D eigenvalue weighted by Gasteiger charge is -2.46. The van der Waals surface area contributed by atoms with Gasteiger partial charge in [-0.25, -0.2) is 14.2 Å². The third kappa shape index (κ3) is 4.25. The van der Waals surface area contributed by atoms with Crippen molar-refractivity contribution in [2.45, 2.75) is 31.5 Å². The smallest absolute Gasteiger partial charge is 0.338 e. The second-order valence-corrected chi connectivity index (χ2v) is 10.5. The van der Waals surface area contributed by atoms with Gasteiger partial charge in [0, 0.05) is 58.1 Å². The van der Waals surface area contributed by atoms with Gasteiger partial charge in [-0.05, 0) is 19.1 Å². The van der Waals surface area contributed by atoms with Gasteiger partial charge in [0.05, 0.1) is 37.6 Å². The lowest BCUT2D eigenvalue weighted by Crippen LogP contribution is -2.54. The number of nitrogens with one attached hydrogen (secondary N) is 2. The summed E-state index contributed by atoms with van der Waals surface area (Å²) in [7, 11) is 1.33. The number of rotatable bonds is 5. The molecule has 5 heterocycles. The average Bonchev–Trinajstić information content (AvgIpc) is 3.54. The number of ether oxygens (including phenoxy) is 2. The molecule has 1 fully saturated rings. The fourth-order valence-corrected chi connectivity index (χ4v) is 6.24. The molecule has 2 aromatic heterocycles. The summed E-state index contributed by atoms with van der Waals surface area (Å²) in [6, 6.07) is 3.35. The number of thiazole rings is 1. The SMILES string of the molecule is COC(=O)C1=C(CN2C3COCC2c2c(n[nH]c2C)C3)NC(c2nccs2)=NC1c1ccc(F)cc1Cl. The molecule has 9 nitrogen and oxygen atoms in total. The summed E-state index contributed by atoms with van der Waals surface area (Å²) < 4.78 is 25.1. The van der Waals surface area contributed by atoms with Crippen molar-refractivity contribution in [1.82, 2.24) is 25.4 Å². The Morgan fingerprint density at radius 2 is 2.24 bits per heavy atom. The minimum absolute atomic E-state index is 0.0236. The van der Waals surface area contributed by atoms with Gasteiger partial charge in [0.2, 0.25) is 0 Å². The van der Waals surface area contributed by atoms with Crippen LogP contribution in [0.5, 0.6) is 0 Å². The Labute approximate surface area is 221 Å². The lowest BCUT2D eigenvalue weighted by molar-refractivity contribution is -0.136. The Morgan fingerprint density at radius 3 is 3.00 bits per heavy atom. The molecule has 2 N–H and O–H groups in total. The van der Waals surface area contributed by atoms with Crippen molar-refractivity contribution in [1.29, 1.82) is 0 Å². The van der Waals surface area contributed by atoms with Crippen LogP contribution >= 0.6 is 22.9 Å². The number of hydrogen-bond acceptors (Lipinski definition) is 9. The molecular weight excluding hydrogens is 519 g/mol. The quantitative estimate of drug-likeness (QED) is 0.476. The number of carbonyl (C=O) groups is 1. The van der Waals surface area contributed by atoms with Gasteiger partial charge in [0.1, 0.15) is 11.9 Å². The lowest BCUT2D eigenvalue weighted by atomic mass is 9.89. The zero-order chi connectivity index (χ0) is 25.7. The zero-order valence-corrected chi connectivity index (χ0v) is 21.7. The van der Waals surface area contributed by atoms with Gasteiger partial charge in [-0.15, -0.1) is 11.3 Å². The van der Waals surface area contributed by atoms with E-state index < -0.39 is 17.8 Å². The van der Waals surface area contributed by atoms with Crippen LogP contribution in [0.3, 0.4) is 0 Å². The van der Waals surface area contributed by atoms with E-state index in [1.54, 1.807) is 12.3 Å². The van der Waals surface area contributed by atoms with E-state index in [-0.39, 0.29) is 17.1 Å². The van der Waals surface area contributed by atoms with Gasteiger partial charge < -0.3 is 14.8 Å². The number of aryl methyl sites for hydroxylation is 1. The van der Waals surface area contributed by atoms with Crippen LogP contribution in [0.1, 0.15) is 39.6 Å². The van der Waals surface area contributed by atoms with E-state index in [1.165, 1.54) is 30.6 Å². The highest BCUT2D eigenvalue weighted by Gasteiger charge is 2.42. The van der Waals surface area contributed by atoms with Gasteiger partial charge in [-0.2, -0.15) is 5.10 Å². The number of fused-ring (bicyclic) bond motifs is 4. The molecule has 3 atom stereocenters. The van der Waals surface area contributed by atoms with Gasteiger partial charge >= 0.3 is 5.97 Å². The highest BCUT2D eigenvalue weighted by atomic mass is 35.5. The first kappa shape index (κ1) is 24.2. The monoisotopic (exact) mass is 542 g/mol. The molecule has 0 aliphatic carbocycles. The third-order valence-corrected chi connectivity index (χ3v) is 8.16. The van der Waals surface area contributed by atoms with Crippen molar-refractivity contribution in [3.63, 3.8) is 0 Å². The highest BCUT2D eigenvalue weighted by molar-refractivity contribution is 7.11. The molecule has 12 heteroatoms. The second kappa shape index (κ2) is 9.64. The predicted molar refractivity (Wildman–Crippen MR) is 136 cm³/mol. The van der Waals surface area contributed by atoms with Crippen LogP contribution in [0.2, 0.25) is 5.02 Å². The molecule has 2 bridgehead atoms. The van der Waals surface area contributed by atoms with E-state index in [0.29, 0.717) is 47.4 Å². The molecule has 37 heavy (non-hydrogen) atoms. The Balaban J connectivity index is 1.47. The van der Waals surface area contributed by atoms with Crippen LogP contribution < -0.4 is 5.32 Å². The second-order valence-electron chi connectivity index (χ2n) is 9.18. The molecular formula is C25H24ClFN6O3S. The van der Waals surface area contributed by atoms with E-state index >= 15 is 0 Å². The van der Waals surface area contributed by atoms with E-state index in [4.69, 9.17) is 26.1 Å². The number of morpholine rings is 1. The summed E-state index contributed by atoms with van der Waals surface area (Å²) in [5.41, 5.74) is 4.68. The minimum atomic E-state index is -0.803. The number of benzene rings is 1. The van der Waals surface area contributed by atoms with Crippen molar-refractivity contribution in [2.75, 3.05) is 26.9 Å². The maximum Gasteiger partial charge on any atom is 0.338 e. The summed E-state index contributed by atoms with van der Waals surface area (Å²) in [6.07, 6.45) is 2.43.